The van der Waals surface area contributed by atoms with E-state index in [1.54, 1.807) is 36.2 Å². The first-order valence-electron chi connectivity index (χ1n) is 12.2. The summed E-state index contributed by atoms with van der Waals surface area (Å²) in [6.07, 6.45) is 5.35. The van der Waals surface area contributed by atoms with Crippen LogP contribution in [0.2, 0.25) is 5.02 Å². The SMILES string of the molecule is C=CC(=O)N1CCN(c2nc(Oc3cccnc3C)nc3c(Oc4c(Cl)c(F)cc(N)c4C=N)nccc23)CC1. The average molecular weight is 563 g/mol. The molecular formula is C27H24ClFN8O3. The first-order chi connectivity index (χ1) is 19.3. The molecule has 0 saturated carbocycles. The number of pyridine rings is 2. The topological polar surface area (TPSA) is 143 Å². The van der Waals surface area contributed by atoms with Gasteiger partial charge in [0.05, 0.1) is 16.6 Å². The lowest BCUT2D eigenvalue weighted by atomic mass is 10.1. The third-order valence-electron chi connectivity index (χ3n) is 6.36. The van der Waals surface area contributed by atoms with Crippen LogP contribution in [0.3, 0.4) is 0 Å². The van der Waals surface area contributed by atoms with Crippen molar-refractivity contribution in [2.75, 3.05) is 36.8 Å². The van der Waals surface area contributed by atoms with Gasteiger partial charge in [-0.15, -0.1) is 0 Å². The highest BCUT2D eigenvalue weighted by molar-refractivity contribution is 6.33. The van der Waals surface area contributed by atoms with Crippen molar-refractivity contribution in [3.05, 3.63) is 71.4 Å². The van der Waals surface area contributed by atoms with E-state index in [-0.39, 0.29) is 45.3 Å². The fourth-order valence-corrected chi connectivity index (χ4v) is 4.48. The molecule has 1 aliphatic heterocycles. The standard InChI is InChI=1S/C27H24ClFN8O3/c1-3-21(38)36-9-11-37(12-10-36)25-16-6-8-33-26(40-24-17(14-30)19(31)13-18(29)22(24)28)23(16)34-27(35-25)39-20-5-4-7-32-15(20)2/h3-8,13-14,30H,1,9-12,31H2,2H3. The summed E-state index contributed by atoms with van der Waals surface area (Å²) in [6, 6.07) is 6.20. The maximum Gasteiger partial charge on any atom is 0.324 e. The van der Waals surface area contributed by atoms with Crippen LogP contribution in [0.1, 0.15) is 11.3 Å². The fraction of sp³-hybridized carbons (Fsp3) is 0.185. The molecule has 4 aromatic rings. The van der Waals surface area contributed by atoms with E-state index in [1.165, 1.54) is 12.3 Å². The summed E-state index contributed by atoms with van der Waals surface area (Å²) in [6.45, 7) is 7.25. The highest BCUT2D eigenvalue weighted by atomic mass is 35.5. The molecule has 0 radical (unpaired) electrons. The van der Waals surface area contributed by atoms with Crippen LogP contribution in [0.15, 0.2) is 49.3 Å². The Bertz CT molecular complexity index is 1640. The summed E-state index contributed by atoms with van der Waals surface area (Å²) < 4.78 is 26.5. The average Bonchev–Trinajstić information content (AvgIpc) is 2.96. The highest BCUT2D eigenvalue weighted by Gasteiger charge is 2.26. The lowest BCUT2D eigenvalue weighted by Crippen LogP contribution is -2.48. The number of nitrogens with two attached hydrogens (primary N) is 1. The van der Waals surface area contributed by atoms with Gasteiger partial charge in [0.1, 0.15) is 22.2 Å². The molecule has 0 aliphatic carbocycles. The lowest BCUT2D eigenvalue weighted by Gasteiger charge is -2.35. The van der Waals surface area contributed by atoms with E-state index in [0.29, 0.717) is 48.8 Å². The zero-order valence-corrected chi connectivity index (χ0v) is 22.2. The van der Waals surface area contributed by atoms with E-state index in [0.717, 1.165) is 12.3 Å². The second kappa shape index (κ2) is 11.1. The van der Waals surface area contributed by atoms with Crippen molar-refractivity contribution in [2.24, 2.45) is 0 Å². The van der Waals surface area contributed by atoms with Gasteiger partial charge in [0.15, 0.2) is 11.5 Å². The largest absolute Gasteiger partial charge is 0.434 e. The predicted octanol–water partition coefficient (Wildman–Crippen LogP) is 4.52. The molecule has 1 fully saturated rings. The van der Waals surface area contributed by atoms with Crippen LogP contribution in [-0.4, -0.2) is 63.1 Å². The number of carbonyl (C=O) groups is 1. The summed E-state index contributed by atoms with van der Waals surface area (Å²) in [4.78, 5) is 33.6. The molecule has 0 atom stereocenters. The van der Waals surface area contributed by atoms with E-state index in [1.807, 2.05) is 4.90 Å². The zero-order valence-electron chi connectivity index (χ0n) is 21.4. The second-order valence-electron chi connectivity index (χ2n) is 8.80. The first-order valence-corrected chi connectivity index (χ1v) is 12.6. The Balaban J connectivity index is 1.63. The van der Waals surface area contributed by atoms with E-state index in [4.69, 9.17) is 37.2 Å². The number of amides is 1. The second-order valence-corrected chi connectivity index (χ2v) is 9.18. The number of carbonyl (C=O) groups excluding carboxylic acids is 1. The van der Waals surface area contributed by atoms with E-state index < -0.39 is 5.82 Å². The predicted molar refractivity (Wildman–Crippen MR) is 149 cm³/mol. The van der Waals surface area contributed by atoms with Gasteiger partial charge < -0.3 is 30.4 Å². The van der Waals surface area contributed by atoms with Crippen LogP contribution in [0.25, 0.3) is 10.9 Å². The third kappa shape index (κ3) is 5.08. The minimum atomic E-state index is -0.807. The molecule has 5 rings (SSSR count). The van der Waals surface area contributed by atoms with Crippen LogP contribution in [0.4, 0.5) is 15.9 Å². The number of anilines is 2. The molecule has 13 heteroatoms. The lowest BCUT2D eigenvalue weighted by molar-refractivity contribution is -0.126. The number of aromatic nitrogens is 4. The molecule has 1 amide bonds. The first kappa shape index (κ1) is 26.8. The number of halogens is 2. The Morgan fingerprint density at radius 2 is 1.95 bits per heavy atom. The number of nitrogens with one attached hydrogen (secondary N) is 1. The molecule has 3 aromatic heterocycles. The van der Waals surface area contributed by atoms with Crippen molar-refractivity contribution in [3.63, 3.8) is 0 Å². The molecule has 3 N–H and O–H groups in total. The van der Waals surface area contributed by atoms with Crippen molar-refractivity contribution in [2.45, 2.75) is 6.92 Å². The minimum Gasteiger partial charge on any atom is -0.434 e. The number of fused-ring (bicyclic) bond motifs is 1. The molecule has 0 unspecified atom stereocenters. The number of hydrogen-bond donors (Lipinski definition) is 2. The Kier molecular flexibility index (Phi) is 7.43. The van der Waals surface area contributed by atoms with Crippen molar-refractivity contribution >= 4 is 46.1 Å². The summed E-state index contributed by atoms with van der Waals surface area (Å²) in [5, 5.41) is 7.96. The summed E-state index contributed by atoms with van der Waals surface area (Å²) in [7, 11) is 0. The molecule has 1 saturated heterocycles. The number of hydrogen-bond acceptors (Lipinski definition) is 10. The molecule has 204 valence electrons. The van der Waals surface area contributed by atoms with Crippen LogP contribution in [-0.2, 0) is 4.79 Å². The van der Waals surface area contributed by atoms with Gasteiger partial charge in [-0.05, 0) is 37.3 Å². The van der Waals surface area contributed by atoms with Gasteiger partial charge in [0, 0.05) is 50.5 Å². The summed E-state index contributed by atoms with van der Waals surface area (Å²) in [5.74, 6) is -0.167. The quantitative estimate of drug-likeness (QED) is 0.189. The number of ether oxygens (including phenoxy) is 2. The fourth-order valence-electron chi connectivity index (χ4n) is 4.28. The van der Waals surface area contributed by atoms with Crippen LogP contribution >= 0.6 is 11.6 Å². The highest BCUT2D eigenvalue weighted by Crippen LogP contribution is 2.40. The van der Waals surface area contributed by atoms with Gasteiger partial charge in [-0.25, -0.2) is 9.37 Å². The van der Waals surface area contributed by atoms with Crippen molar-refractivity contribution in [1.29, 1.82) is 5.41 Å². The maximum absolute atomic E-state index is 14.5. The van der Waals surface area contributed by atoms with E-state index in [9.17, 15) is 9.18 Å². The maximum atomic E-state index is 14.5. The number of piperazine rings is 1. The van der Waals surface area contributed by atoms with Crippen molar-refractivity contribution < 1.29 is 18.7 Å². The van der Waals surface area contributed by atoms with Crippen molar-refractivity contribution in [3.8, 4) is 23.4 Å². The van der Waals surface area contributed by atoms with Gasteiger partial charge in [-0.1, -0.05) is 18.2 Å². The Hall–Kier alpha value is -4.84. The normalized spacial score (nSPS) is 13.3. The Labute approximate surface area is 233 Å². The van der Waals surface area contributed by atoms with Crippen molar-refractivity contribution in [1.82, 2.24) is 24.8 Å². The van der Waals surface area contributed by atoms with Crippen LogP contribution in [0.5, 0.6) is 23.4 Å². The smallest absolute Gasteiger partial charge is 0.324 e. The summed E-state index contributed by atoms with van der Waals surface area (Å²) in [5.41, 5.74) is 6.86. The summed E-state index contributed by atoms with van der Waals surface area (Å²) >= 11 is 6.21. The molecular weight excluding hydrogens is 539 g/mol. The number of nitrogen functional groups attached to an aromatic ring is 1. The van der Waals surface area contributed by atoms with E-state index >= 15 is 0 Å². The van der Waals surface area contributed by atoms with E-state index in [2.05, 4.69) is 21.5 Å². The number of nitrogens with zero attached hydrogens (tertiary/aromatic N) is 6. The van der Waals surface area contributed by atoms with Gasteiger partial charge in [0.25, 0.3) is 0 Å². The van der Waals surface area contributed by atoms with Crippen LogP contribution in [0, 0.1) is 18.2 Å². The van der Waals surface area contributed by atoms with Gasteiger partial charge in [0.2, 0.25) is 11.8 Å². The Morgan fingerprint density at radius 1 is 1.18 bits per heavy atom. The number of benzene rings is 1. The molecule has 1 aromatic carbocycles. The molecule has 4 heterocycles. The molecule has 1 aliphatic rings. The molecule has 40 heavy (non-hydrogen) atoms. The number of rotatable bonds is 7. The third-order valence-corrected chi connectivity index (χ3v) is 6.71. The van der Waals surface area contributed by atoms with Crippen LogP contribution < -0.4 is 20.1 Å². The monoisotopic (exact) mass is 562 g/mol. The molecule has 0 bridgehead atoms. The number of aryl methyl sites for hydroxylation is 1. The molecule has 11 nitrogen and oxygen atoms in total. The zero-order chi connectivity index (χ0) is 28.4. The van der Waals surface area contributed by atoms with Gasteiger partial charge >= 0.3 is 6.01 Å². The van der Waals surface area contributed by atoms with Gasteiger partial charge in [-0.2, -0.15) is 9.97 Å². The molecule has 0 spiro atoms. The Morgan fingerprint density at radius 3 is 2.65 bits per heavy atom. The minimum absolute atomic E-state index is 0.00169. The van der Waals surface area contributed by atoms with Gasteiger partial charge in [-0.3, -0.25) is 9.78 Å².